The van der Waals surface area contributed by atoms with Crippen molar-refractivity contribution in [3.8, 4) is 5.75 Å². The standard InChI is InChI=1S/C18H14N2O4S2/c21-16(22)11-24-14-8-6-12(7-9-14)10-15-17(23)20(18(25)26-15)19-13-4-2-1-3-5-13/h1-10,19H,11H2,(H,21,22)/b15-10+. The number of hydrogen-bond acceptors (Lipinski definition) is 6. The molecule has 1 fully saturated rings. The number of anilines is 1. The van der Waals surface area contributed by atoms with E-state index in [2.05, 4.69) is 5.43 Å². The van der Waals surface area contributed by atoms with E-state index in [9.17, 15) is 9.59 Å². The first kappa shape index (κ1) is 18.0. The summed E-state index contributed by atoms with van der Waals surface area (Å²) in [4.78, 5) is 23.6. The fourth-order valence-corrected chi connectivity index (χ4v) is 3.34. The number of amides is 1. The van der Waals surface area contributed by atoms with E-state index in [1.54, 1.807) is 30.3 Å². The molecule has 1 heterocycles. The topological polar surface area (TPSA) is 78.9 Å². The van der Waals surface area contributed by atoms with Crippen molar-refractivity contribution in [3.63, 3.8) is 0 Å². The highest BCUT2D eigenvalue weighted by Crippen LogP contribution is 2.33. The van der Waals surface area contributed by atoms with Crippen LogP contribution >= 0.6 is 24.0 Å². The molecule has 1 saturated heterocycles. The Balaban J connectivity index is 1.70. The number of carbonyl (C=O) groups excluding carboxylic acids is 1. The third kappa shape index (κ3) is 4.41. The molecule has 0 bridgehead atoms. The van der Waals surface area contributed by atoms with Crippen LogP contribution in [-0.2, 0) is 9.59 Å². The summed E-state index contributed by atoms with van der Waals surface area (Å²) in [6.07, 6.45) is 1.73. The lowest BCUT2D eigenvalue weighted by molar-refractivity contribution is -0.139. The van der Waals surface area contributed by atoms with Gasteiger partial charge in [-0.25, -0.2) is 9.80 Å². The van der Waals surface area contributed by atoms with E-state index in [4.69, 9.17) is 22.1 Å². The van der Waals surface area contributed by atoms with Crippen molar-refractivity contribution in [1.29, 1.82) is 0 Å². The minimum absolute atomic E-state index is 0.227. The summed E-state index contributed by atoms with van der Waals surface area (Å²) in [6.45, 7) is -0.400. The zero-order valence-electron chi connectivity index (χ0n) is 13.4. The molecule has 1 aliphatic heterocycles. The number of ether oxygens (including phenoxy) is 1. The predicted molar refractivity (Wildman–Crippen MR) is 105 cm³/mol. The second-order valence-corrected chi connectivity index (χ2v) is 6.92. The number of thioether (sulfide) groups is 1. The SMILES string of the molecule is O=C(O)COc1ccc(/C=C2/SC(=S)N(Nc3ccccc3)C2=O)cc1. The number of hydrazine groups is 1. The molecule has 0 atom stereocenters. The average molecular weight is 386 g/mol. The lowest BCUT2D eigenvalue weighted by Gasteiger charge is -2.16. The Bertz CT molecular complexity index is 867. The van der Waals surface area contributed by atoms with Gasteiger partial charge < -0.3 is 9.84 Å². The van der Waals surface area contributed by atoms with Crippen molar-refractivity contribution in [1.82, 2.24) is 5.01 Å². The molecule has 0 aliphatic carbocycles. The van der Waals surface area contributed by atoms with Gasteiger partial charge in [-0.1, -0.05) is 42.1 Å². The Labute approximate surface area is 159 Å². The van der Waals surface area contributed by atoms with Crippen LogP contribution in [0.1, 0.15) is 5.56 Å². The zero-order valence-corrected chi connectivity index (χ0v) is 15.0. The van der Waals surface area contributed by atoms with Crippen LogP contribution in [0.3, 0.4) is 0 Å². The van der Waals surface area contributed by atoms with Crippen molar-refractivity contribution in [2.45, 2.75) is 0 Å². The monoisotopic (exact) mass is 386 g/mol. The third-order valence-corrected chi connectivity index (χ3v) is 4.65. The quantitative estimate of drug-likeness (QED) is 0.582. The Morgan fingerprint density at radius 3 is 2.54 bits per heavy atom. The van der Waals surface area contributed by atoms with Crippen LogP contribution in [0.5, 0.6) is 5.75 Å². The van der Waals surface area contributed by atoms with Gasteiger partial charge in [-0.15, -0.1) is 0 Å². The molecule has 8 heteroatoms. The zero-order chi connectivity index (χ0) is 18.5. The third-order valence-electron chi connectivity index (χ3n) is 3.35. The fraction of sp³-hybridized carbons (Fsp3) is 0.0556. The highest BCUT2D eigenvalue weighted by Gasteiger charge is 2.32. The summed E-state index contributed by atoms with van der Waals surface area (Å²) in [6, 6.07) is 16.1. The summed E-state index contributed by atoms with van der Waals surface area (Å²) in [7, 11) is 0. The Kier molecular flexibility index (Phi) is 5.55. The van der Waals surface area contributed by atoms with E-state index in [1.165, 1.54) is 16.8 Å². The molecule has 1 aliphatic rings. The minimum atomic E-state index is -1.04. The van der Waals surface area contributed by atoms with Gasteiger partial charge in [-0.2, -0.15) is 0 Å². The second kappa shape index (κ2) is 8.03. The van der Waals surface area contributed by atoms with Crippen molar-refractivity contribution in [2.75, 3.05) is 12.0 Å². The first-order valence-electron chi connectivity index (χ1n) is 7.57. The highest BCUT2D eigenvalue weighted by molar-refractivity contribution is 8.26. The maximum atomic E-state index is 12.6. The van der Waals surface area contributed by atoms with E-state index in [0.29, 0.717) is 15.0 Å². The molecule has 0 aromatic heterocycles. The first-order valence-corrected chi connectivity index (χ1v) is 8.80. The summed E-state index contributed by atoms with van der Waals surface area (Å²) >= 11 is 6.49. The van der Waals surface area contributed by atoms with Gasteiger partial charge in [0.05, 0.1) is 10.6 Å². The van der Waals surface area contributed by atoms with Gasteiger partial charge in [0.1, 0.15) is 5.75 Å². The summed E-state index contributed by atoms with van der Waals surface area (Å²) < 4.78 is 5.51. The first-order chi connectivity index (χ1) is 12.5. The van der Waals surface area contributed by atoms with Gasteiger partial charge in [-0.3, -0.25) is 10.2 Å². The smallest absolute Gasteiger partial charge is 0.341 e. The molecule has 1 amide bonds. The number of carbonyl (C=O) groups is 2. The van der Waals surface area contributed by atoms with Crippen LogP contribution in [-0.4, -0.2) is 32.9 Å². The second-order valence-electron chi connectivity index (χ2n) is 5.25. The number of para-hydroxylation sites is 1. The normalized spacial score (nSPS) is 15.4. The van der Waals surface area contributed by atoms with Gasteiger partial charge >= 0.3 is 5.97 Å². The molecule has 2 aromatic rings. The summed E-state index contributed by atoms with van der Waals surface area (Å²) in [5, 5.41) is 9.94. The average Bonchev–Trinajstić information content (AvgIpc) is 2.89. The lowest BCUT2D eigenvalue weighted by atomic mass is 10.2. The molecule has 6 nitrogen and oxygen atoms in total. The predicted octanol–water partition coefficient (Wildman–Crippen LogP) is 3.38. The Hall–Kier alpha value is -2.84. The van der Waals surface area contributed by atoms with Gasteiger partial charge in [0.25, 0.3) is 5.91 Å². The van der Waals surface area contributed by atoms with Crippen LogP contribution in [0.25, 0.3) is 6.08 Å². The molecule has 0 radical (unpaired) electrons. The molecule has 0 spiro atoms. The van der Waals surface area contributed by atoms with Gasteiger partial charge in [0.15, 0.2) is 10.9 Å². The molecule has 2 aromatic carbocycles. The highest BCUT2D eigenvalue weighted by atomic mass is 32.2. The Morgan fingerprint density at radius 2 is 1.88 bits per heavy atom. The number of hydrogen-bond donors (Lipinski definition) is 2. The summed E-state index contributed by atoms with van der Waals surface area (Å²) in [5.41, 5.74) is 4.55. The number of rotatable bonds is 6. The minimum Gasteiger partial charge on any atom is -0.482 e. The van der Waals surface area contributed by atoms with E-state index in [1.807, 2.05) is 30.3 Å². The molecule has 3 rings (SSSR count). The molecular formula is C18H14N2O4S2. The van der Waals surface area contributed by atoms with Crippen molar-refractivity contribution < 1.29 is 19.4 Å². The summed E-state index contributed by atoms with van der Waals surface area (Å²) in [5.74, 6) is -0.818. The number of aliphatic carboxylic acids is 1. The molecule has 2 N–H and O–H groups in total. The molecule has 132 valence electrons. The van der Waals surface area contributed by atoms with Crippen LogP contribution in [0.15, 0.2) is 59.5 Å². The van der Waals surface area contributed by atoms with Crippen molar-refractivity contribution >= 4 is 51.9 Å². The number of benzene rings is 2. The van der Waals surface area contributed by atoms with Gasteiger partial charge in [0.2, 0.25) is 0 Å². The van der Waals surface area contributed by atoms with E-state index in [0.717, 1.165) is 11.3 Å². The fourth-order valence-electron chi connectivity index (χ4n) is 2.16. The van der Waals surface area contributed by atoms with Crippen molar-refractivity contribution in [2.24, 2.45) is 0 Å². The van der Waals surface area contributed by atoms with Crippen LogP contribution in [0.2, 0.25) is 0 Å². The number of carboxylic acids is 1. The maximum absolute atomic E-state index is 12.6. The van der Waals surface area contributed by atoms with Crippen molar-refractivity contribution in [3.05, 3.63) is 65.1 Å². The van der Waals surface area contributed by atoms with Gasteiger partial charge in [0, 0.05) is 0 Å². The molecule has 26 heavy (non-hydrogen) atoms. The van der Waals surface area contributed by atoms with Crippen LogP contribution < -0.4 is 10.2 Å². The molecular weight excluding hydrogens is 372 g/mol. The van der Waals surface area contributed by atoms with E-state index in [-0.39, 0.29) is 5.91 Å². The van der Waals surface area contributed by atoms with Crippen LogP contribution in [0, 0.1) is 0 Å². The molecule has 0 saturated carbocycles. The Morgan fingerprint density at radius 1 is 1.19 bits per heavy atom. The largest absolute Gasteiger partial charge is 0.482 e. The number of nitrogens with zero attached hydrogens (tertiary/aromatic N) is 1. The lowest BCUT2D eigenvalue weighted by Crippen LogP contribution is -2.33. The van der Waals surface area contributed by atoms with Gasteiger partial charge in [-0.05, 0) is 48.1 Å². The van der Waals surface area contributed by atoms with E-state index < -0.39 is 12.6 Å². The number of carboxylic acid groups (broad SMARTS) is 1. The van der Waals surface area contributed by atoms with Crippen LogP contribution in [0.4, 0.5) is 5.69 Å². The maximum Gasteiger partial charge on any atom is 0.341 e. The number of thiocarbonyl (C=S) groups is 1. The number of nitrogens with one attached hydrogen (secondary N) is 1. The van der Waals surface area contributed by atoms with E-state index >= 15 is 0 Å². The molecule has 0 unspecified atom stereocenters.